The zero-order chi connectivity index (χ0) is 11.8. The summed E-state index contributed by atoms with van der Waals surface area (Å²) < 4.78 is 18.5. The highest BCUT2D eigenvalue weighted by atomic mass is 19.1. The molecule has 1 aromatic rings. The van der Waals surface area contributed by atoms with E-state index in [-0.39, 0.29) is 5.82 Å². The fourth-order valence-electron chi connectivity index (χ4n) is 1.00. The van der Waals surface area contributed by atoms with Crippen molar-refractivity contribution in [2.75, 3.05) is 6.61 Å². The SMILES string of the molecule is CC.Cc1c(F)cccc1OCC(C)C. The minimum absolute atomic E-state index is 0.207. The lowest BCUT2D eigenvalue weighted by molar-refractivity contribution is 0.268. The predicted molar refractivity (Wildman–Crippen MR) is 62.8 cm³/mol. The van der Waals surface area contributed by atoms with E-state index in [0.29, 0.717) is 23.8 Å². The van der Waals surface area contributed by atoms with Gasteiger partial charge in [-0.2, -0.15) is 0 Å². The molecule has 1 nitrogen and oxygen atoms in total. The second-order valence-corrected chi connectivity index (χ2v) is 3.57. The van der Waals surface area contributed by atoms with Crippen LogP contribution in [0.4, 0.5) is 4.39 Å². The number of rotatable bonds is 3. The Bertz CT molecular complexity index is 282. The molecule has 0 N–H and O–H groups in total. The molecule has 1 rings (SSSR count). The van der Waals surface area contributed by atoms with Gasteiger partial charge in [0, 0.05) is 5.56 Å². The highest BCUT2D eigenvalue weighted by molar-refractivity contribution is 5.33. The maximum Gasteiger partial charge on any atom is 0.129 e. The van der Waals surface area contributed by atoms with Crippen LogP contribution in [0.15, 0.2) is 18.2 Å². The molecule has 86 valence electrons. The molecule has 2 heteroatoms. The van der Waals surface area contributed by atoms with Crippen molar-refractivity contribution in [3.8, 4) is 5.75 Å². The van der Waals surface area contributed by atoms with Crippen LogP contribution in [0.3, 0.4) is 0 Å². The summed E-state index contributed by atoms with van der Waals surface area (Å²) in [4.78, 5) is 0. The van der Waals surface area contributed by atoms with Crippen molar-refractivity contribution in [3.63, 3.8) is 0 Å². The van der Waals surface area contributed by atoms with Crippen LogP contribution in [0.2, 0.25) is 0 Å². The van der Waals surface area contributed by atoms with Gasteiger partial charge < -0.3 is 4.74 Å². The molecule has 0 aliphatic heterocycles. The molecule has 0 aliphatic carbocycles. The summed E-state index contributed by atoms with van der Waals surface area (Å²) in [6.45, 7) is 10.5. The number of halogens is 1. The minimum Gasteiger partial charge on any atom is -0.493 e. The Morgan fingerprint density at radius 3 is 2.40 bits per heavy atom. The summed E-state index contributed by atoms with van der Waals surface area (Å²) in [7, 11) is 0. The topological polar surface area (TPSA) is 9.23 Å². The normalized spacial score (nSPS) is 9.53. The van der Waals surface area contributed by atoms with Gasteiger partial charge in [-0.25, -0.2) is 4.39 Å². The molecule has 0 spiro atoms. The minimum atomic E-state index is -0.207. The van der Waals surface area contributed by atoms with Gasteiger partial charge in [-0.15, -0.1) is 0 Å². The van der Waals surface area contributed by atoms with Gasteiger partial charge >= 0.3 is 0 Å². The standard InChI is InChI=1S/C11H15FO.C2H6/c1-8(2)7-13-11-6-4-5-10(12)9(11)3;1-2/h4-6,8H,7H2,1-3H3;1-2H3. The summed E-state index contributed by atoms with van der Waals surface area (Å²) in [5, 5.41) is 0. The molecule has 0 heterocycles. The molecule has 0 fully saturated rings. The fourth-order valence-corrected chi connectivity index (χ4v) is 1.00. The van der Waals surface area contributed by atoms with Crippen LogP contribution >= 0.6 is 0 Å². The smallest absolute Gasteiger partial charge is 0.129 e. The largest absolute Gasteiger partial charge is 0.493 e. The van der Waals surface area contributed by atoms with Crippen LogP contribution < -0.4 is 4.74 Å². The Kier molecular flexibility index (Phi) is 6.76. The molecule has 0 bridgehead atoms. The number of ether oxygens (including phenoxy) is 1. The van der Waals surface area contributed by atoms with Crippen molar-refractivity contribution in [1.82, 2.24) is 0 Å². The molecule has 0 atom stereocenters. The summed E-state index contributed by atoms with van der Waals surface area (Å²) in [6.07, 6.45) is 0. The van der Waals surface area contributed by atoms with E-state index in [9.17, 15) is 4.39 Å². The van der Waals surface area contributed by atoms with Gasteiger partial charge in [0.05, 0.1) is 6.61 Å². The number of benzene rings is 1. The lowest BCUT2D eigenvalue weighted by Crippen LogP contribution is -2.05. The van der Waals surface area contributed by atoms with Gasteiger partial charge in [-0.1, -0.05) is 33.8 Å². The Morgan fingerprint density at radius 1 is 1.27 bits per heavy atom. The van der Waals surface area contributed by atoms with Crippen molar-refractivity contribution in [2.24, 2.45) is 5.92 Å². The van der Waals surface area contributed by atoms with E-state index in [1.807, 2.05) is 13.8 Å². The molecule has 0 radical (unpaired) electrons. The molecule has 0 aliphatic rings. The van der Waals surface area contributed by atoms with Crippen molar-refractivity contribution >= 4 is 0 Å². The zero-order valence-electron chi connectivity index (χ0n) is 10.3. The Morgan fingerprint density at radius 2 is 1.87 bits per heavy atom. The zero-order valence-corrected chi connectivity index (χ0v) is 10.3. The summed E-state index contributed by atoms with van der Waals surface area (Å²) >= 11 is 0. The van der Waals surface area contributed by atoms with E-state index < -0.39 is 0 Å². The van der Waals surface area contributed by atoms with E-state index in [0.717, 1.165) is 0 Å². The first-order chi connectivity index (χ1) is 7.11. The van der Waals surface area contributed by atoms with Gasteiger partial charge in [0.2, 0.25) is 0 Å². The van der Waals surface area contributed by atoms with Gasteiger partial charge in [-0.05, 0) is 25.0 Å². The Labute approximate surface area is 92.3 Å². The van der Waals surface area contributed by atoms with E-state index in [1.54, 1.807) is 19.1 Å². The number of hydrogen-bond acceptors (Lipinski definition) is 1. The average Bonchev–Trinajstić information content (AvgIpc) is 2.23. The molecule has 0 unspecified atom stereocenters. The first-order valence-electron chi connectivity index (χ1n) is 5.49. The second kappa shape index (κ2) is 7.27. The van der Waals surface area contributed by atoms with Gasteiger partial charge in [0.25, 0.3) is 0 Å². The third kappa shape index (κ3) is 4.82. The first-order valence-corrected chi connectivity index (χ1v) is 5.49. The molecular weight excluding hydrogens is 191 g/mol. The maximum atomic E-state index is 13.0. The third-order valence-electron chi connectivity index (χ3n) is 1.79. The first kappa shape index (κ1) is 13.9. The maximum absolute atomic E-state index is 13.0. The highest BCUT2D eigenvalue weighted by Crippen LogP contribution is 2.20. The summed E-state index contributed by atoms with van der Waals surface area (Å²) in [6, 6.07) is 4.90. The molecule has 0 saturated heterocycles. The van der Waals surface area contributed by atoms with Crippen LogP contribution in [-0.2, 0) is 0 Å². The molecule has 1 aromatic carbocycles. The highest BCUT2D eigenvalue weighted by Gasteiger charge is 2.04. The van der Waals surface area contributed by atoms with Crippen LogP contribution in [0.1, 0.15) is 33.3 Å². The molecule has 0 aromatic heterocycles. The number of hydrogen-bond donors (Lipinski definition) is 0. The van der Waals surface area contributed by atoms with Crippen molar-refractivity contribution in [3.05, 3.63) is 29.6 Å². The van der Waals surface area contributed by atoms with Crippen molar-refractivity contribution in [1.29, 1.82) is 0 Å². The Balaban J connectivity index is 0.000000921. The average molecular weight is 212 g/mol. The van der Waals surface area contributed by atoms with Crippen LogP contribution in [0.5, 0.6) is 5.75 Å². The predicted octanol–water partition coefficient (Wildman–Crippen LogP) is 4.20. The molecule has 0 amide bonds. The van der Waals surface area contributed by atoms with E-state index in [1.165, 1.54) is 6.07 Å². The van der Waals surface area contributed by atoms with Crippen LogP contribution in [0.25, 0.3) is 0 Å². The van der Waals surface area contributed by atoms with Gasteiger partial charge in [-0.3, -0.25) is 0 Å². The molecule has 15 heavy (non-hydrogen) atoms. The summed E-state index contributed by atoms with van der Waals surface area (Å²) in [5.74, 6) is 0.901. The van der Waals surface area contributed by atoms with Crippen LogP contribution in [-0.4, -0.2) is 6.61 Å². The quantitative estimate of drug-likeness (QED) is 0.729. The van der Waals surface area contributed by atoms with Crippen molar-refractivity contribution < 1.29 is 9.13 Å². The molecular formula is C13H21FO. The molecule has 0 saturated carbocycles. The van der Waals surface area contributed by atoms with Gasteiger partial charge in [0.15, 0.2) is 0 Å². The fraction of sp³-hybridized carbons (Fsp3) is 0.538. The monoisotopic (exact) mass is 212 g/mol. The van der Waals surface area contributed by atoms with Crippen molar-refractivity contribution in [2.45, 2.75) is 34.6 Å². The van der Waals surface area contributed by atoms with Gasteiger partial charge in [0.1, 0.15) is 11.6 Å². The second-order valence-electron chi connectivity index (χ2n) is 3.57. The van der Waals surface area contributed by atoms with E-state index >= 15 is 0 Å². The van der Waals surface area contributed by atoms with E-state index in [4.69, 9.17) is 4.74 Å². The van der Waals surface area contributed by atoms with Crippen LogP contribution in [0, 0.1) is 18.7 Å². The lowest BCUT2D eigenvalue weighted by atomic mass is 10.2. The lowest BCUT2D eigenvalue weighted by Gasteiger charge is -2.10. The third-order valence-corrected chi connectivity index (χ3v) is 1.79. The summed E-state index contributed by atoms with van der Waals surface area (Å²) in [5.41, 5.74) is 0.586. The Hall–Kier alpha value is -1.05. The van der Waals surface area contributed by atoms with E-state index in [2.05, 4.69) is 13.8 Å².